The highest BCUT2D eigenvalue weighted by Crippen LogP contribution is 2.31. The third-order valence-corrected chi connectivity index (χ3v) is 7.02. The van der Waals surface area contributed by atoms with Crippen LogP contribution in [0, 0.1) is 6.92 Å². The summed E-state index contributed by atoms with van der Waals surface area (Å²) >= 11 is 15.1. The topological polar surface area (TPSA) is 59.8 Å². The van der Waals surface area contributed by atoms with Crippen molar-refractivity contribution in [3.05, 3.63) is 81.4 Å². The zero-order valence-electron chi connectivity index (χ0n) is 16.5. The minimum Gasteiger partial charge on any atom is -0.314 e. The molecule has 1 amide bonds. The van der Waals surface area contributed by atoms with Crippen LogP contribution in [-0.4, -0.2) is 26.2 Å². The molecular formula is C22H18Cl2N4OS2. The van der Waals surface area contributed by atoms with Gasteiger partial charge in [-0.1, -0.05) is 71.4 Å². The number of hydrogen-bond donors (Lipinski definition) is 1. The number of amides is 1. The fourth-order valence-corrected chi connectivity index (χ4v) is 4.76. The Morgan fingerprint density at radius 1 is 1.16 bits per heavy atom. The van der Waals surface area contributed by atoms with Crippen molar-refractivity contribution in [2.24, 2.45) is 0 Å². The molecule has 0 bridgehead atoms. The van der Waals surface area contributed by atoms with Crippen molar-refractivity contribution < 1.29 is 4.79 Å². The van der Waals surface area contributed by atoms with Crippen molar-refractivity contribution in [3.8, 4) is 11.3 Å². The highest BCUT2D eigenvalue weighted by Gasteiger charge is 2.16. The van der Waals surface area contributed by atoms with Gasteiger partial charge in [0.25, 0.3) is 0 Å². The van der Waals surface area contributed by atoms with Crippen LogP contribution in [0.25, 0.3) is 11.3 Å². The molecule has 0 atom stereocenters. The van der Waals surface area contributed by atoms with E-state index in [4.69, 9.17) is 23.2 Å². The number of aromatic nitrogens is 3. The number of thiazole rings is 1. The molecule has 5 nitrogen and oxygen atoms in total. The molecule has 0 spiro atoms. The lowest BCUT2D eigenvalue weighted by molar-refractivity contribution is -0.113. The summed E-state index contributed by atoms with van der Waals surface area (Å²) in [7, 11) is 0. The van der Waals surface area contributed by atoms with Crippen LogP contribution >= 0.6 is 46.3 Å². The Hall–Kier alpha value is -2.32. The number of carbonyl (C=O) groups excluding carboxylic acids is 1. The van der Waals surface area contributed by atoms with E-state index in [2.05, 4.69) is 32.0 Å². The number of thioether (sulfide) groups is 1. The molecule has 0 unspecified atom stereocenters. The summed E-state index contributed by atoms with van der Waals surface area (Å²) in [5.74, 6) is 0.107. The third kappa shape index (κ3) is 5.49. The van der Waals surface area contributed by atoms with Gasteiger partial charge < -0.3 is 9.88 Å². The lowest BCUT2D eigenvalue weighted by Crippen LogP contribution is -2.14. The molecule has 2 aromatic heterocycles. The number of nitrogens with one attached hydrogen (secondary N) is 1. The molecule has 0 aliphatic heterocycles. The smallest absolute Gasteiger partial charge is 0.236 e. The van der Waals surface area contributed by atoms with Gasteiger partial charge in [0.2, 0.25) is 5.91 Å². The van der Waals surface area contributed by atoms with E-state index in [1.54, 1.807) is 12.3 Å². The van der Waals surface area contributed by atoms with Gasteiger partial charge in [-0.3, -0.25) is 4.79 Å². The van der Waals surface area contributed by atoms with Crippen LogP contribution in [0.1, 0.15) is 11.3 Å². The minimum absolute atomic E-state index is 0.121. The van der Waals surface area contributed by atoms with Crippen LogP contribution < -0.4 is 5.32 Å². The average molecular weight is 489 g/mol. The molecule has 2 aromatic carbocycles. The number of carbonyl (C=O) groups is 1. The van der Waals surface area contributed by atoms with Gasteiger partial charge in [0, 0.05) is 10.9 Å². The minimum atomic E-state index is -0.121. The molecule has 1 N–H and O–H groups in total. The Bertz CT molecular complexity index is 1210. The first kappa shape index (κ1) is 21.9. The summed E-state index contributed by atoms with van der Waals surface area (Å²) in [5, 5.41) is 7.07. The van der Waals surface area contributed by atoms with Crippen molar-refractivity contribution in [1.82, 2.24) is 14.5 Å². The first-order valence-electron chi connectivity index (χ1n) is 9.39. The van der Waals surface area contributed by atoms with Gasteiger partial charge >= 0.3 is 0 Å². The first-order chi connectivity index (χ1) is 15.0. The fraction of sp³-hybridized carbons (Fsp3) is 0.136. The SMILES string of the molecule is Cc1csc(NC(=O)CSc2ncc(-c3ccc(Cl)c(Cl)c3)n2Cc2ccccc2)n1. The Morgan fingerprint density at radius 3 is 2.68 bits per heavy atom. The van der Waals surface area contributed by atoms with Crippen LogP contribution in [0.5, 0.6) is 0 Å². The van der Waals surface area contributed by atoms with E-state index in [-0.39, 0.29) is 11.7 Å². The predicted octanol–water partition coefficient (Wildman–Crippen LogP) is 6.40. The molecule has 0 radical (unpaired) electrons. The monoisotopic (exact) mass is 488 g/mol. The van der Waals surface area contributed by atoms with Gasteiger partial charge in [-0.15, -0.1) is 11.3 Å². The lowest BCUT2D eigenvalue weighted by atomic mass is 10.1. The van der Waals surface area contributed by atoms with Gasteiger partial charge in [-0.05, 0) is 24.6 Å². The maximum absolute atomic E-state index is 12.4. The zero-order valence-corrected chi connectivity index (χ0v) is 19.7. The molecule has 0 saturated heterocycles. The van der Waals surface area contributed by atoms with Gasteiger partial charge in [0.05, 0.1) is 39.9 Å². The molecule has 31 heavy (non-hydrogen) atoms. The molecule has 0 saturated carbocycles. The number of hydrogen-bond acceptors (Lipinski definition) is 5. The van der Waals surface area contributed by atoms with E-state index in [0.29, 0.717) is 21.7 Å². The Morgan fingerprint density at radius 2 is 1.97 bits per heavy atom. The summed E-state index contributed by atoms with van der Waals surface area (Å²) in [4.78, 5) is 21.2. The number of aryl methyl sites for hydroxylation is 1. The summed E-state index contributed by atoms with van der Waals surface area (Å²) in [6.07, 6.45) is 1.80. The lowest BCUT2D eigenvalue weighted by Gasteiger charge is -2.13. The second-order valence-electron chi connectivity index (χ2n) is 6.76. The highest BCUT2D eigenvalue weighted by atomic mass is 35.5. The molecule has 158 valence electrons. The molecule has 0 aliphatic carbocycles. The highest BCUT2D eigenvalue weighted by molar-refractivity contribution is 7.99. The van der Waals surface area contributed by atoms with E-state index in [1.807, 2.05) is 42.6 Å². The standard InChI is InChI=1S/C22H18Cl2N4OS2/c1-14-12-30-21(26-14)27-20(29)13-31-22-25-10-19(16-7-8-17(23)18(24)9-16)28(22)11-15-5-3-2-4-6-15/h2-10,12H,11,13H2,1H3,(H,26,27,29). The Kier molecular flexibility index (Phi) is 6.97. The van der Waals surface area contributed by atoms with E-state index in [9.17, 15) is 4.79 Å². The van der Waals surface area contributed by atoms with Crippen LogP contribution in [0.3, 0.4) is 0 Å². The van der Waals surface area contributed by atoms with E-state index in [1.165, 1.54) is 23.1 Å². The van der Waals surface area contributed by atoms with E-state index in [0.717, 1.165) is 27.7 Å². The van der Waals surface area contributed by atoms with Crippen LogP contribution in [0.2, 0.25) is 10.0 Å². The number of halogens is 2. The summed E-state index contributed by atoms with van der Waals surface area (Å²) < 4.78 is 2.08. The van der Waals surface area contributed by atoms with Crippen molar-refractivity contribution in [2.45, 2.75) is 18.6 Å². The summed E-state index contributed by atoms with van der Waals surface area (Å²) in [6.45, 7) is 2.51. The van der Waals surface area contributed by atoms with Crippen molar-refractivity contribution in [2.75, 3.05) is 11.1 Å². The van der Waals surface area contributed by atoms with Gasteiger partial charge in [-0.2, -0.15) is 0 Å². The molecule has 0 fully saturated rings. The second kappa shape index (κ2) is 9.87. The fourth-order valence-electron chi connectivity index (χ4n) is 2.98. The normalized spacial score (nSPS) is 10.9. The molecule has 2 heterocycles. The van der Waals surface area contributed by atoms with Crippen LogP contribution in [0.15, 0.2) is 65.3 Å². The maximum atomic E-state index is 12.4. The first-order valence-corrected chi connectivity index (χ1v) is 12.0. The number of rotatable bonds is 7. The van der Waals surface area contributed by atoms with Crippen molar-refractivity contribution in [1.29, 1.82) is 0 Å². The van der Waals surface area contributed by atoms with Crippen molar-refractivity contribution >= 4 is 57.3 Å². The van der Waals surface area contributed by atoms with Crippen LogP contribution in [0.4, 0.5) is 5.13 Å². The molecule has 4 aromatic rings. The number of benzene rings is 2. The third-order valence-electron chi connectivity index (χ3n) is 4.42. The van der Waals surface area contributed by atoms with E-state index < -0.39 is 0 Å². The Labute approximate surface area is 198 Å². The molecule has 4 rings (SSSR count). The average Bonchev–Trinajstić information content (AvgIpc) is 3.35. The number of anilines is 1. The second-order valence-corrected chi connectivity index (χ2v) is 9.37. The van der Waals surface area contributed by atoms with Crippen LogP contribution in [-0.2, 0) is 11.3 Å². The Balaban J connectivity index is 1.58. The number of nitrogens with zero attached hydrogens (tertiary/aromatic N) is 3. The quantitative estimate of drug-likeness (QED) is 0.305. The van der Waals surface area contributed by atoms with E-state index >= 15 is 0 Å². The largest absolute Gasteiger partial charge is 0.314 e. The van der Waals surface area contributed by atoms with Gasteiger partial charge in [-0.25, -0.2) is 9.97 Å². The maximum Gasteiger partial charge on any atom is 0.236 e. The molecular weight excluding hydrogens is 471 g/mol. The summed E-state index contributed by atoms with van der Waals surface area (Å²) in [5.41, 5.74) is 3.83. The van der Waals surface area contributed by atoms with Crippen molar-refractivity contribution in [3.63, 3.8) is 0 Å². The van der Waals surface area contributed by atoms with Gasteiger partial charge in [0.1, 0.15) is 0 Å². The molecule has 0 aliphatic rings. The zero-order chi connectivity index (χ0) is 21.8. The number of imidazole rings is 1. The summed E-state index contributed by atoms with van der Waals surface area (Å²) in [6, 6.07) is 15.6. The molecule has 9 heteroatoms. The predicted molar refractivity (Wildman–Crippen MR) is 129 cm³/mol. The van der Waals surface area contributed by atoms with Gasteiger partial charge in [0.15, 0.2) is 10.3 Å².